The van der Waals surface area contributed by atoms with Gasteiger partial charge >= 0.3 is 17.9 Å². The van der Waals surface area contributed by atoms with E-state index in [2.05, 4.69) is 41.5 Å². The van der Waals surface area contributed by atoms with Gasteiger partial charge in [0.2, 0.25) is 0 Å². The zero-order valence-corrected chi connectivity index (χ0v) is 47.6. The van der Waals surface area contributed by atoms with Crippen molar-refractivity contribution in [1.82, 2.24) is 0 Å². The van der Waals surface area contributed by atoms with Crippen LogP contribution >= 0.6 is 0 Å². The molecule has 0 aliphatic rings. The van der Waals surface area contributed by atoms with Crippen LogP contribution in [0.15, 0.2) is 0 Å². The Morgan fingerprint density at radius 3 is 0.754 bits per heavy atom. The summed E-state index contributed by atoms with van der Waals surface area (Å²) in [4.78, 5) is 38.2. The molecule has 2 atom stereocenters. The highest BCUT2D eigenvalue weighted by Gasteiger charge is 2.19. The molecule has 0 rings (SSSR count). The minimum Gasteiger partial charge on any atom is -0.462 e. The van der Waals surface area contributed by atoms with E-state index >= 15 is 0 Å². The number of hydrogen-bond donors (Lipinski definition) is 0. The summed E-state index contributed by atoms with van der Waals surface area (Å²) in [7, 11) is 0. The van der Waals surface area contributed by atoms with Crippen LogP contribution in [0.3, 0.4) is 0 Å². The molecule has 0 spiro atoms. The molecule has 0 aromatic carbocycles. The molecule has 0 fully saturated rings. The first-order valence-corrected chi connectivity index (χ1v) is 31.1. The van der Waals surface area contributed by atoms with Crippen LogP contribution in [-0.2, 0) is 28.6 Å². The molecule has 6 nitrogen and oxygen atoms in total. The van der Waals surface area contributed by atoms with Crippen molar-refractivity contribution in [1.29, 1.82) is 0 Å². The molecular formula is C63H122O6. The van der Waals surface area contributed by atoms with Crippen LogP contribution < -0.4 is 0 Å². The second-order valence-corrected chi connectivity index (χ2v) is 22.9. The topological polar surface area (TPSA) is 78.9 Å². The van der Waals surface area contributed by atoms with E-state index in [0.717, 1.165) is 75.5 Å². The van der Waals surface area contributed by atoms with Gasteiger partial charge in [-0.3, -0.25) is 14.4 Å². The van der Waals surface area contributed by atoms with Crippen molar-refractivity contribution in [3.63, 3.8) is 0 Å². The van der Waals surface area contributed by atoms with Gasteiger partial charge < -0.3 is 14.2 Å². The number of carbonyl (C=O) groups is 3. The fraction of sp³-hybridized carbons (Fsp3) is 0.952. The average Bonchev–Trinajstić information content (AvgIpc) is 3.32. The van der Waals surface area contributed by atoms with E-state index in [1.807, 2.05) is 0 Å². The maximum Gasteiger partial charge on any atom is 0.306 e. The lowest BCUT2D eigenvalue weighted by atomic mass is 9.99. The van der Waals surface area contributed by atoms with E-state index in [9.17, 15) is 14.4 Å². The molecule has 0 saturated heterocycles. The summed E-state index contributed by atoms with van der Waals surface area (Å²) in [5.74, 6) is 1.71. The molecule has 410 valence electrons. The van der Waals surface area contributed by atoms with Gasteiger partial charge in [0, 0.05) is 19.3 Å². The van der Waals surface area contributed by atoms with Crippen LogP contribution in [0.4, 0.5) is 0 Å². The first-order valence-electron chi connectivity index (χ1n) is 31.1. The fourth-order valence-corrected chi connectivity index (χ4v) is 9.67. The van der Waals surface area contributed by atoms with E-state index in [1.54, 1.807) is 0 Å². The van der Waals surface area contributed by atoms with Crippen molar-refractivity contribution in [2.75, 3.05) is 13.2 Å². The Bertz CT molecular complexity index is 1070. The molecule has 0 saturated carbocycles. The zero-order valence-electron chi connectivity index (χ0n) is 47.6. The van der Waals surface area contributed by atoms with E-state index in [0.29, 0.717) is 19.3 Å². The number of carbonyl (C=O) groups excluding carboxylic acids is 3. The van der Waals surface area contributed by atoms with Crippen molar-refractivity contribution < 1.29 is 28.6 Å². The first-order chi connectivity index (χ1) is 33.6. The monoisotopic (exact) mass is 975 g/mol. The third-order valence-electron chi connectivity index (χ3n) is 14.8. The van der Waals surface area contributed by atoms with Crippen molar-refractivity contribution in [2.24, 2.45) is 17.8 Å². The van der Waals surface area contributed by atoms with Gasteiger partial charge in [0.1, 0.15) is 13.2 Å². The SMILES string of the molecule is CCC(C)CCCCCCCCCCC(=O)O[C@H](COC(=O)CCCCCCCCCCCCCCCCCCCCC(C)C)COC(=O)CCCCCCCCCCCCCCCCCC(C)C. The maximum atomic E-state index is 12.9. The minimum atomic E-state index is -0.764. The molecule has 0 radical (unpaired) electrons. The van der Waals surface area contributed by atoms with E-state index < -0.39 is 6.10 Å². The Morgan fingerprint density at radius 1 is 0.290 bits per heavy atom. The largest absolute Gasteiger partial charge is 0.462 e. The van der Waals surface area contributed by atoms with Crippen LogP contribution in [0.2, 0.25) is 0 Å². The molecule has 1 unspecified atom stereocenters. The number of hydrogen-bond acceptors (Lipinski definition) is 6. The molecule has 0 amide bonds. The third-order valence-corrected chi connectivity index (χ3v) is 14.8. The van der Waals surface area contributed by atoms with Crippen LogP contribution in [0.25, 0.3) is 0 Å². The summed E-state index contributed by atoms with van der Waals surface area (Å²) < 4.78 is 16.9. The van der Waals surface area contributed by atoms with Gasteiger partial charge in [-0.1, -0.05) is 311 Å². The van der Waals surface area contributed by atoms with Crippen molar-refractivity contribution in [3.05, 3.63) is 0 Å². The molecule has 0 aliphatic carbocycles. The number of rotatable bonds is 56. The quantitative estimate of drug-likeness (QED) is 0.0343. The summed E-state index contributed by atoms with van der Waals surface area (Å²) in [5.41, 5.74) is 0. The lowest BCUT2D eigenvalue weighted by Crippen LogP contribution is -2.30. The maximum absolute atomic E-state index is 12.9. The summed E-state index contributed by atoms with van der Waals surface area (Å²) in [6.07, 6.45) is 58.2. The van der Waals surface area contributed by atoms with Crippen molar-refractivity contribution >= 4 is 17.9 Å². The Balaban J connectivity index is 4.23. The molecule has 0 heterocycles. The predicted octanol–water partition coefficient (Wildman–Crippen LogP) is 20.7. The van der Waals surface area contributed by atoms with Crippen LogP contribution in [0, 0.1) is 17.8 Å². The zero-order chi connectivity index (χ0) is 50.5. The lowest BCUT2D eigenvalue weighted by Gasteiger charge is -2.18. The van der Waals surface area contributed by atoms with Crippen LogP contribution in [-0.4, -0.2) is 37.2 Å². The van der Waals surface area contributed by atoms with E-state index in [4.69, 9.17) is 14.2 Å². The van der Waals surface area contributed by atoms with E-state index in [-0.39, 0.29) is 31.1 Å². The third kappa shape index (κ3) is 55.6. The van der Waals surface area contributed by atoms with Gasteiger partial charge in [0.25, 0.3) is 0 Å². The average molecular weight is 976 g/mol. The van der Waals surface area contributed by atoms with Gasteiger partial charge in [-0.25, -0.2) is 0 Å². The fourth-order valence-electron chi connectivity index (χ4n) is 9.67. The van der Waals surface area contributed by atoms with Crippen molar-refractivity contribution in [3.8, 4) is 0 Å². The lowest BCUT2D eigenvalue weighted by molar-refractivity contribution is -0.167. The van der Waals surface area contributed by atoms with Crippen LogP contribution in [0.1, 0.15) is 350 Å². The highest BCUT2D eigenvalue weighted by Crippen LogP contribution is 2.19. The smallest absolute Gasteiger partial charge is 0.306 e. The van der Waals surface area contributed by atoms with Crippen LogP contribution in [0.5, 0.6) is 0 Å². The number of unbranched alkanes of at least 4 members (excludes halogenated alkanes) is 38. The Labute approximate surface area is 431 Å². The minimum absolute atomic E-state index is 0.0634. The summed E-state index contributed by atoms with van der Waals surface area (Å²) in [6, 6.07) is 0. The standard InChI is InChI=1S/C63H122O6/c1-7-59(6)51-45-39-33-29-30-36-42-48-54-63(66)69-60(56-68-62(65)53-47-41-35-28-24-20-16-12-14-18-22-26-32-38-44-50-58(4)5)55-67-61(64)52-46-40-34-27-23-19-15-11-9-8-10-13-17-21-25-31-37-43-49-57(2)3/h57-60H,7-56H2,1-6H3/t59?,60-/m1/s1. The Kier molecular flexibility index (Phi) is 52.9. The van der Waals surface area contributed by atoms with Gasteiger partial charge in [-0.2, -0.15) is 0 Å². The Morgan fingerprint density at radius 2 is 0.507 bits per heavy atom. The number of esters is 3. The van der Waals surface area contributed by atoms with Gasteiger partial charge in [0.15, 0.2) is 6.10 Å². The van der Waals surface area contributed by atoms with Gasteiger partial charge in [-0.15, -0.1) is 0 Å². The molecular weight excluding hydrogens is 853 g/mol. The molecule has 6 heteroatoms. The highest BCUT2D eigenvalue weighted by atomic mass is 16.6. The van der Waals surface area contributed by atoms with E-state index in [1.165, 1.54) is 231 Å². The number of ether oxygens (including phenoxy) is 3. The molecule has 0 bridgehead atoms. The van der Waals surface area contributed by atoms with Gasteiger partial charge in [-0.05, 0) is 37.0 Å². The summed E-state index contributed by atoms with van der Waals surface area (Å²) in [5, 5.41) is 0. The predicted molar refractivity (Wildman–Crippen MR) is 298 cm³/mol. The normalized spacial score (nSPS) is 12.5. The summed E-state index contributed by atoms with van der Waals surface area (Å²) in [6.45, 7) is 13.8. The first kappa shape index (κ1) is 67.4. The highest BCUT2D eigenvalue weighted by molar-refractivity contribution is 5.71. The van der Waals surface area contributed by atoms with Gasteiger partial charge in [0.05, 0.1) is 0 Å². The second-order valence-electron chi connectivity index (χ2n) is 22.9. The molecule has 0 aliphatic heterocycles. The Hall–Kier alpha value is -1.59. The summed E-state index contributed by atoms with van der Waals surface area (Å²) >= 11 is 0. The second kappa shape index (κ2) is 54.2. The molecule has 0 aromatic rings. The van der Waals surface area contributed by atoms with Crippen molar-refractivity contribution in [2.45, 2.75) is 356 Å². The molecule has 69 heavy (non-hydrogen) atoms. The molecule has 0 aromatic heterocycles. The molecule has 0 N–H and O–H groups in total.